The molecular formula is C28H23Cl2N7O. The molecule has 0 saturated carbocycles. The van der Waals surface area contributed by atoms with Gasteiger partial charge >= 0.3 is 6.03 Å². The quantitative estimate of drug-likeness (QED) is 0.291. The molecule has 10 heteroatoms. The molecule has 0 spiro atoms. The molecule has 38 heavy (non-hydrogen) atoms. The van der Waals surface area contributed by atoms with Crippen LogP contribution in [0.4, 0.5) is 10.5 Å². The molecule has 0 saturated heterocycles. The lowest BCUT2D eigenvalue weighted by Crippen LogP contribution is -2.39. The fourth-order valence-electron chi connectivity index (χ4n) is 4.67. The standard InChI is InChI=1S/C28H23Cl2N7O/c29-20-13-21(30)15-24(14-20)36-16-23(32-34-36)17-37-26-11-12-35(28(38)31-22-9-5-2-6-10-22)18-25(26)27(33-37)19-7-3-1-4-8-19/h1-10,13-16H,11-12,17-18H2,(H,31,38). The summed E-state index contributed by atoms with van der Waals surface area (Å²) in [6, 6.07) is 24.6. The monoisotopic (exact) mass is 543 g/mol. The molecule has 8 nitrogen and oxygen atoms in total. The summed E-state index contributed by atoms with van der Waals surface area (Å²) in [6.07, 6.45) is 2.52. The predicted molar refractivity (Wildman–Crippen MR) is 148 cm³/mol. The lowest BCUT2D eigenvalue weighted by atomic mass is 10.0. The first kappa shape index (κ1) is 24.2. The van der Waals surface area contributed by atoms with Crippen molar-refractivity contribution in [2.75, 3.05) is 11.9 Å². The summed E-state index contributed by atoms with van der Waals surface area (Å²) in [5.41, 5.74) is 6.25. The molecule has 6 rings (SSSR count). The molecule has 0 unspecified atom stereocenters. The van der Waals surface area contributed by atoms with Crippen molar-refractivity contribution in [2.24, 2.45) is 0 Å². The van der Waals surface area contributed by atoms with Gasteiger partial charge in [-0.15, -0.1) is 5.10 Å². The van der Waals surface area contributed by atoms with Crippen molar-refractivity contribution in [3.05, 3.63) is 112 Å². The number of halogens is 2. The van der Waals surface area contributed by atoms with Crippen LogP contribution in [0.5, 0.6) is 0 Å². The Morgan fingerprint density at radius 3 is 2.39 bits per heavy atom. The summed E-state index contributed by atoms with van der Waals surface area (Å²) in [5, 5.41) is 17.7. The Morgan fingerprint density at radius 2 is 1.66 bits per heavy atom. The van der Waals surface area contributed by atoms with E-state index in [-0.39, 0.29) is 6.03 Å². The van der Waals surface area contributed by atoms with Crippen LogP contribution in [0, 0.1) is 0 Å². The van der Waals surface area contributed by atoms with Gasteiger partial charge in [0.15, 0.2) is 0 Å². The molecule has 0 fully saturated rings. The molecule has 190 valence electrons. The van der Waals surface area contributed by atoms with E-state index in [1.54, 1.807) is 22.9 Å². The van der Waals surface area contributed by atoms with E-state index in [9.17, 15) is 4.79 Å². The maximum absolute atomic E-state index is 13.1. The Hall–Kier alpha value is -4.14. The van der Waals surface area contributed by atoms with Crippen LogP contribution in [0.2, 0.25) is 10.0 Å². The number of nitrogens with zero attached hydrogens (tertiary/aromatic N) is 6. The minimum absolute atomic E-state index is 0.128. The number of amides is 2. The number of urea groups is 1. The molecule has 0 atom stereocenters. The number of anilines is 1. The Bertz CT molecular complexity index is 1580. The van der Waals surface area contributed by atoms with Crippen LogP contribution in [0.3, 0.4) is 0 Å². The number of para-hydroxylation sites is 1. The molecule has 3 heterocycles. The SMILES string of the molecule is O=C(Nc1ccccc1)N1CCc2c(c(-c3ccccc3)nn2Cc2cn(-c3cc(Cl)cc(Cl)c3)nn2)C1. The van der Waals surface area contributed by atoms with Gasteiger partial charge in [0.2, 0.25) is 0 Å². The summed E-state index contributed by atoms with van der Waals surface area (Å²) in [4.78, 5) is 14.9. The van der Waals surface area contributed by atoms with E-state index in [0.717, 1.165) is 39.6 Å². The van der Waals surface area contributed by atoms with Crippen molar-refractivity contribution in [2.45, 2.75) is 19.5 Å². The minimum Gasteiger partial charge on any atom is -0.320 e. The molecular weight excluding hydrogens is 521 g/mol. The van der Waals surface area contributed by atoms with E-state index in [2.05, 4.69) is 15.6 Å². The van der Waals surface area contributed by atoms with E-state index in [1.807, 2.05) is 76.4 Å². The number of rotatable bonds is 5. The van der Waals surface area contributed by atoms with Crippen LogP contribution >= 0.6 is 23.2 Å². The zero-order valence-electron chi connectivity index (χ0n) is 20.3. The number of carbonyl (C=O) groups excluding carboxylic acids is 1. The molecule has 1 N–H and O–H groups in total. The van der Waals surface area contributed by atoms with Gasteiger partial charge in [0.05, 0.1) is 30.7 Å². The summed E-state index contributed by atoms with van der Waals surface area (Å²) in [5.74, 6) is 0. The summed E-state index contributed by atoms with van der Waals surface area (Å²) in [7, 11) is 0. The topological polar surface area (TPSA) is 80.9 Å². The van der Waals surface area contributed by atoms with Gasteiger partial charge in [-0.25, -0.2) is 9.48 Å². The first-order valence-corrected chi connectivity index (χ1v) is 12.9. The number of benzene rings is 3. The highest BCUT2D eigenvalue weighted by Gasteiger charge is 2.28. The Labute approximate surface area is 229 Å². The molecule has 0 bridgehead atoms. The molecule has 1 aliphatic rings. The molecule has 0 aliphatic carbocycles. The summed E-state index contributed by atoms with van der Waals surface area (Å²) in [6.45, 7) is 1.49. The largest absolute Gasteiger partial charge is 0.322 e. The van der Waals surface area contributed by atoms with Crippen molar-refractivity contribution < 1.29 is 4.79 Å². The molecule has 1 aliphatic heterocycles. The fraction of sp³-hybridized carbons (Fsp3) is 0.143. The molecule has 2 aromatic heterocycles. The van der Waals surface area contributed by atoms with E-state index in [4.69, 9.17) is 28.3 Å². The highest BCUT2D eigenvalue weighted by Crippen LogP contribution is 2.31. The van der Waals surface area contributed by atoms with Crippen LogP contribution in [-0.2, 0) is 19.5 Å². The predicted octanol–water partition coefficient (Wildman–Crippen LogP) is 6.08. The lowest BCUT2D eigenvalue weighted by Gasteiger charge is -2.28. The van der Waals surface area contributed by atoms with E-state index >= 15 is 0 Å². The second kappa shape index (κ2) is 10.3. The van der Waals surface area contributed by atoms with E-state index < -0.39 is 0 Å². The van der Waals surface area contributed by atoms with Gasteiger partial charge in [-0.05, 0) is 30.3 Å². The van der Waals surface area contributed by atoms with Crippen molar-refractivity contribution in [1.29, 1.82) is 0 Å². The highest BCUT2D eigenvalue weighted by atomic mass is 35.5. The zero-order chi connectivity index (χ0) is 26.1. The van der Waals surface area contributed by atoms with Gasteiger partial charge in [0.1, 0.15) is 5.69 Å². The van der Waals surface area contributed by atoms with Gasteiger partial charge in [-0.1, -0.05) is 76.9 Å². The van der Waals surface area contributed by atoms with Gasteiger partial charge in [0.25, 0.3) is 0 Å². The van der Waals surface area contributed by atoms with Crippen LogP contribution in [0.15, 0.2) is 85.1 Å². The van der Waals surface area contributed by atoms with Crippen LogP contribution < -0.4 is 5.32 Å². The highest BCUT2D eigenvalue weighted by molar-refractivity contribution is 6.34. The maximum atomic E-state index is 13.1. The molecule has 0 radical (unpaired) electrons. The van der Waals surface area contributed by atoms with Crippen molar-refractivity contribution in [1.82, 2.24) is 29.7 Å². The Morgan fingerprint density at radius 1 is 0.947 bits per heavy atom. The summed E-state index contributed by atoms with van der Waals surface area (Å²) < 4.78 is 3.63. The average molecular weight is 544 g/mol. The molecule has 3 aromatic carbocycles. The van der Waals surface area contributed by atoms with Crippen LogP contribution in [-0.4, -0.2) is 42.3 Å². The van der Waals surface area contributed by atoms with Gasteiger partial charge in [0, 0.05) is 45.5 Å². The second-order valence-electron chi connectivity index (χ2n) is 9.05. The third-order valence-corrected chi connectivity index (χ3v) is 6.89. The van der Waals surface area contributed by atoms with Crippen molar-refractivity contribution >= 4 is 34.9 Å². The smallest absolute Gasteiger partial charge is 0.320 e. The van der Waals surface area contributed by atoms with E-state index in [1.165, 1.54) is 0 Å². The third-order valence-electron chi connectivity index (χ3n) is 6.46. The maximum Gasteiger partial charge on any atom is 0.322 e. The zero-order valence-corrected chi connectivity index (χ0v) is 21.8. The van der Waals surface area contributed by atoms with Crippen molar-refractivity contribution in [3.63, 3.8) is 0 Å². The number of carbonyl (C=O) groups is 1. The number of hydrogen-bond acceptors (Lipinski definition) is 4. The molecule has 2 amide bonds. The lowest BCUT2D eigenvalue weighted by molar-refractivity contribution is 0.206. The number of nitrogens with one attached hydrogen (secondary N) is 1. The number of hydrogen-bond donors (Lipinski definition) is 1. The molecule has 5 aromatic rings. The Balaban J connectivity index is 1.29. The van der Waals surface area contributed by atoms with Gasteiger partial charge in [-0.2, -0.15) is 5.10 Å². The Kier molecular flexibility index (Phi) is 6.57. The fourth-order valence-corrected chi connectivity index (χ4v) is 5.18. The third kappa shape index (κ3) is 5.01. The number of aromatic nitrogens is 5. The first-order valence-electron chi connectivity index (χ1n) is 12.2. The normalized spacial score (nSPS) is 12.8. The second-order valence-corrected chi connectivity index (χ2v) is 9.92. The summed E-state index contributed by atoms with van der Waals surface area (Å²) >= 11 is 12.3. The minimum atomic E-state index is -0.128. The van der Waals surface area contributed by atoms with Gasteiger partial charge in [-0.3, -0.25) is 4.68 Å². The van der Waals surface area contributed by atoms with Crippen LogP contribution in [0.1, 0.15) is 17.0 Å². The first-order chi connectivity index (χ1) is 18.5. The van der Waals surface area contributed by atoms with E-state index in [0.29, 0.717) is 36.1 Å². The van der Waals surface area contributed by atoms with Gasteiger partial charge < -0.3 is 10.2 Å². The average Bonchev–Trinajstić information content (AvgIpc) is 3.54. The van der Waals surface area contributed by atoms with Crippen LogP contribution in [0.25, 0.3) is 16.9 Å². The number of fused-ring (bicyclic) bond motifs is 1. The van der Waals surface area contributed by atoms with Crippen molar-refractivity contribution in [3.8, 4) is 16.9 Å².